The lowest BCUT2D eigenvalue weighted by atomic mass is 9.73. The first-order valence-corrected chi connectivity index (χ1v) is 11.2. The molecule has 0 aliphatic rings. The van der Waals surface area contributed by atoms with Crippen molar-refractivity contribution in [1.82, 2.24) is 9.97 Å². The molecule has 0 unspecified atom stereocenters. The van der Waals surface area contributed by atoms with Gasteiger partial charge in [0.05, 0.1) is 37.6 Å². The molecule has 8 heteroatoms. The van der Waals surface area contributed by atoms with Crippen molar-refractivity contribution in [2.45, 2.75) is 64.8 Å². The molecular weight excluding hydrogens is 422 g/mol. The molecule has 2 aromatic rings. The van der Waals surface area contributed by atoms with Gasteiger partial charge in [-0.25, -0.2) is 4.98 Å². The smallest absolute Gasteiger partial charge is 0.180 e. The lowest BCUT2D eigenvalue weighted by Gasteiger charge is -2.33. The van der Waals surface area contributed by atoms with E-state index in [0.29, 0.717) is 23.3 Å². The number of hydrogen-bond acceptors (Lipinski definition) is 7. The summed E-state index contributed by atoms with van der Waals surface area (Å²) >= 11 is 0. The van der Waals surface area contributed by atoms with Gasteiger partial charge in [0.15, 0.2) is 5.78 Å². The van der Waals surface area contributed by atoms with Crippen molar-refractivity contribution in [2.24, 2.45) is 11.1 Å². The molecule has 8 nitrogen and oxygen atoms in total. The van der Waals surface area contributed by atoms with E-state index in [4.69, 9.17) is 10.5 Å². The Morgan fingerprint density at radius 2 is 1.67 bits per heavy atom. The molecule has 0 radical (unpaired) electrons. The minimum Gasteiger partial charge on any atom is -0.492 e. The van der Waals surface area contributed by atoms with Gasteiger partial charge in [0.1, 0.15) is 12.4 Å². The molecule has 0 aliphatic carbocycles. The topological polar surface area (TPSA) is 142 Å². The Morgan fingerprint density at radius 3 is 2.12 bits per heavy atom. The number of carbonyl (C=O) groups excluding carboxylic acids is 1. The molecule has 0 amide bonds. The molecular formula is C25H39N3O5. The number of aromatic amines is 1. The van der Waals surface area contributed by atoms with Crippen LogP contribution in [0.3, 0.4) is 0 Å². The average Bonchev–Trinajstić information content (AvgIpc) is 3.25. The van der Waals surface area contributed by atoms with Crippen molar-refractivity contribution in [2.75, 3.05) is 26.4 Å². The molecule has 0 spiro atoms. The Morgan fingerprint density at radius 1 is 1.06 bits per heavy atom. The highest BCUT2D eigenvalue weighted by Crippen LogP contribution is 2.41. The first kappa shape index (κ1) is 27.0. The number of nitrogens with zero attached hydrogens (tertiary/aromatic N) is 1. The molecule has 1 aromatic heterocycles. The Kier molecular flexibility index (Phi) is 8.46. The second-order valence-electron chi connectivity index (χ2n) is 10.9. The van der Waals surface area contributed by atoms with Crippen molar-refractivity contribution in [3.8, 4) is 5.75 Å². The highest BCUT2D eigenvalue weighted by atomic mass is 16.5. The van der Waals surface area contributed by atoms with Gasteiger partial charge in [-0.05, 0) is 22.5 Å². The second-order valence-corrected chi connectivity index (χ2v) is 10.9. The monoisotopic (exact) mass is 461 g/mol. The molecule has 184 valence electrons. The standard InChI is InChI=1S/C25H39N3O5/c1-23(2,3)17-7-8-19(33-14-25(11-29,12-30)13-31)21(24(4,5)6)20(17)22(32)18(26)9-16-10-27-15-28-16/h7-8,10,15,18,29-31H,9,11-14,26H2,1-6H3,(H,27,28)/t18-/m0/s1. The number of nitrogens with two attached hydrogens (primary N) is 1. The van der Waals surface area contributed by atoms with Gasteiger partial charge in [0, 0.05) is 29.4 Å². The average molecular weight is 462 g/mol. The summed E-state index contributed by atoms with van der Waals surface area (Å²) in [7, 11) is 0. The molecule has 1 heterocycles. The van der Waals surface area contributed by atoms with Gasteiger partial charge in [0.2, 0.25) is 0 Å². The van der Waals surface area contributed by atoms with Crippen LogP contribution in [0.1, 0.15) is 68.7 Å². The summed E-state index contributed by atoms with van der Waals surface area (Å²) in [6.45, 7) is 10.7. The van der Waals surface area contributed by atoms with Gasteiger partial charge < -0.3 is 30.8 Å². The number of H-pyrrole nitrogens is 1. The van der Waals surface area contributed by atoms with Gasteiger partial charge in [-0.15, -0.1) is 0 Å². The van der Waals surface area contributed by atoms with Crippen molar-refractivity contribution in [3.63, 3.8) is 0 Å². The summed E-state index contributed by atoms with van der Waals surface area (Å²) in [6.07, 6.45) is 3.53. The summed E-state index contributed by atoms with van der Waals surface area (Å²) in [6, 6.07) is 2.91. The number of ether oxygens (including phenoxy) is 1. The zero-order valence-corrected chi connectivity index (χ0v) is 20.6. The van der Waals surface area contributed by atoms with E-state index < -0.39 is 36.7 Å². The lowest BCUT2D eigenvalue weighted by Crippen LogP contribution is -2.40. The first-order chi connectivity index (χ1) is 15.3. The molecule has 0 aliphatic heterocycles. The number of Topliss-reactive ketones (excluding diaryl/α,β-unsaturated/α-hetero) is 1. The summed E-state index contributed by atoms with van der Waals surface area (Å²) in [5.41, 5.74) is 7.26. The Labute approximate surface area is 196 Å². The van der Waals surface area contributed by atoms with Crippen molar-refractivity contribution >= 4 is 5.78 Å². The van der Waals surface area contributed by atoms with Crippen LogP contribution >= 0.6 is 0 Å². The van der Waals surface area contributed by atoms with Crippen LogP contribution in [0.2, 0.25) is 0 Å². The molecule has 0 bridgehead atoms. The first-order valence-electron chi connectivity index (χ1n) is 11.2. The molecule has 1 atom stereocenters. The Balaban J connectivity index is 2.63. The maximum absolute atomic E-state index is 13.8. The van der Waals surface area contributed by atoms with Crippen molar-refractivity contribution in [1.29, 1.82) is 0 Å². The van der Waals surface area contributed by atoms with Crippen LogP contribution in [0, 0.1) is 5.41 Å². The largest absolute Gasteiger partial charge is 0.492 e. The van der Waals surface area contributed by atoms with Crippen LogP contribution < -0.4 is 10.5 Å². The number of aliphatic hydroxyl groups excluding tert-OH is 3. The zero-order chi connectivity index (χ0) is 25.0. The number of aliphatic hydroxyl groups is 3. The van der Waals surface area contributed by atoms with Gasteiger partial charge >= 0.3 is 0 Å². The van der Waals surface area contributed by atoms with Gasteiger partial charge in [-0.2, -0.15) is 0 Å². The maximum Gasteiger partial charge on any atom is 0.180 e. The normalized spacial score (nSPS) is 13.8. The zero-order valence-electron chi connectivity index (χ0n) is 20.6. The van der Waals surface area contributed by atoms with E-state index in [-0.39, 0.29) is 17.8 Å². The fraction of sp³-hybridized carbons (Fsp3) is 0.600. The molecule has 1 aromatic carbocycles. The van der Waals surface area contributed by atoms with E-state index in [1.807, 2.05) is 53.7 Å². The van der Waals surface area contributed by atoms with Crippen LogP contribution in [-0.4, -0.2) is 63.5 Å². The third kappa shape index (κ3) is 6.20. The maximum atomic E-state index is 13.8. The third-order valence-electron chi connectivity index (χ3n) is 5.84. The van der Waals surface area contributed by atoms with E-state index in [2.05, 4.69) is 9.97 Å². The summed E-state index contributed by atoms with van der Waals surface area (Å²) in [4.78, 5) is 20.8. The van der Waals surface area contributed by atoms with E-state index in [1.54, 1.807) is 12.5 Å². The van der Waals surface area contributed by atoms with Crippen LogP contribution in [0.15, 0.2) is 24.7 Å². The number of ketones is 1. The van der Waals surface area contributed by atoms with Gasteiger partial charge in [0.25, 0.3) is 0 Å². The quantitative estimate of drug-likeness (QED) is 0.341. The summed E-state index contributed by atoms with van der Waals surface area (Å²) in [5.74, 6) is 0.273. The third-order valence-corrected chi connectivity index (χ3v) is 5.84. The molecule has 33 heavy (non-hydrogen) atoms. The predicted molar refractivity (Wildman–Crippen MR) is 128 cm³/mol. The highest BCUT2D eigenvalue weighted by molar-refractivity contribution is 6.04. The lowest BCUT2D eigenvalue weighted by molar-refractivity contribution is -0.0262. The Hall–Kier alpha value is -2.26. The summed E-state index contributed by atoms with van der Waals surface area (Å²) in [5, 5.41) is 29.1. The molecule has 2 rings (SSSR count). The highest BCUT2D eigenvalue weighted by Gasteiger charge is 2.35. The van der Waals surface area contributed by atoms with Crippen LogP contribution in [0.25, 0.3) is 0 Å². The number of aromatic nitrogens is 2. The molecule has 0 saturated heterocycles. The minimum atomic E-state index is -1.20. The fourth-order valence-corrected chi connectivity index (χ4v) is 3.76. The van der Waals surface area contributed by atoms with Gasteiger partial charge in [-0.3, -0.25) is 4.79 Å². The predicted octanol–water partition coefficient (Wildman–Crippen LogP) is 2.10. The fourth-order valence-electron chi connectivity index (χ4n) is 3.76. The SMILES string of the molecule is CC(C)(C)c1ccc(OCC(CO)(CO)CO)c(C(C)(C)C)c1C(=O)[C@@H](N)Cc1cnc[nH]1. The number of nitrogens with one attached hydrogen (secondary N) is 1. The molecule has 0 saturated carbocycles. The number of hydrogen-bond donors (Lipinski definition) is 5. The van der Waals surface area contributed by atoms with E-state index in [0.717, 1.165) is 11.3 Å². The molecule has 0 fully saturated rings. The van der Waals surface area contributed by atoms with Crippen molar-refractivity contribution < 1.29 is 24.9 Å². The van der Waals surface area contributed by atoms with E-state index >= 15 is 0 Å². The van der Waals surface area contributed by atoms with E-state index in [1.165, 1.54) is 0 Å². The summed E-state index contributed by atoms with van der Waals surface area (Å²) < 4.78 is 6.06. The Bertz CT molecular complexity index is 914. The van der Waals surface area contributed by atoms with Gasteiger partial charge in [-0.1, -0.05) is 47.6 Å². The van der Waals surface area contributed by atoms with Crippen LogP contribution in [-0.2, 0) is 17.3 Å². The minimum absolute atomic E-state index is 0.109. The molecule has 6 N–H and O–H groups in total. The van der Waals surface area contributed by atoms with E-state index in [9.17, 15) is 20.1 Å². The van der Waals surface area contributed by atoms with Crippen molar-refractivity contribution in [3.05, 3.63) is 47.0 Å². The number of carbonyl (C=O) groups is 1. The van der Waals surface area contributed by atoms with Crippen LogP contribution in [0.5, 0.6) is 5.75 Å². The number of rotatable bonds is 10. The number of imidazole rings is 1. The second kappa shape index (κ2) is 10.3. The van der Waals surface area contributed by atoms with Crippen LogP contribution in [0.4, 0.5) is 0 Å². The number of benzene rings is 1.